The van der Waals surface area contributed by atoms with E-state index >= 15 is 0 Å². The molecule has 1 aromatic rings. The van der Waals surface area contributed by atoms with E-state index in [2.05, 4.69) is 61.8 Å². The molecule has 3 aliphatic rings. The van der Waals surface area contributed by atoms with Crippen LogP contribution < -0.4 is 4.90 Å². The van der Waals surface area contributed by atoms with Crippen LogP contribution in [-0.2, 0) is 0 Å². The van der Waals surface area contributed by atoms with E-state index in [4.69, 9.17) is 0 Å². The van der Waals surface area contributed by atoms with Gasteiger partial charge in [0.25, 0.3) is 0 Å². The monoisotopic (exact) mass is 432 g/mol. The topological polar surface area (TPSA) is 6.48 Å². The Morgan fingerprint density at radius 1 is 0.833 bits per heavy atom. The fourth-order valence-electron chi connectivity index (χ4n) is 7.09. The number of benzene rings is 1. The Morgan fingerprint density at radius 2 is 1.43 bits per heavy atom. The molecule has 2 aliphatic carbocycles. The highest BCUT2D eigenvalue weighted by molar-refractivity contribution is 5.85. The van der Waals surface area contributed by atoms with Crippen LogP contribution in [0.4, 0.5) is 5.69 Å². The van der Waals surface area contributed by atoms with Crippen molar-refractivity contribution >= 4 is 18.1 Å². The number of nitrogens with zero attached hydrogens (tertiary/aromatic N) is 2. The Balaban J connectivity index is 0.00000256. The predicted octanol–water partition coefficient (Wildman–Crippen LogP) is 7.13. The molecule has 0 spiro atoms. The van der Waals surface area contributed by atoms with Gasteiger partial charge >= 0.3 is 0 Å². The second-order valence-electron chi connectivity index (χ2n) is 12.0. The normalized spacial score (nSPS) is 25.7. The van der Waals surface area contributed by atoms with Gasteiger partial charge in [-0.3, -0.25) is 4.90 Å². The molecule has 0 amide bonds. The molecule has 0 N–H and O–H groups in total. The minimum Gasteiger partial charge on any atom is -0.369 e. The van der Waals surface area contributed by atoms with E-state index in [1.165, 1.54) is 89.8 Å². The Labute approximate surface area is 192 Å². The maximum atomic E-state index is 2.75. The van der Waals surface area contributed by atoms with Crippen LogP contribution >= 0.6 is 12.4 Å². The smallest absolute Gasteiger partial charge is 0.0402 e. The Bertz CT molecular complexity index is 653. The number of rotatable bonds is 4. The summed E-state index contributed by atoms with van der Waals surface area (Å²) in [6.45, 7) is 16.1. The van der Waals surface area contributed by atoms with Crippen LogP contribution in [0.1, 0.15) is 90.5 Å². The molecule has 0 unspecified atom stereocenters. The van der Waals surface area contributed by atoms with Crippen molar-refractivity contribution in [3.05, 3.63) is 29.8 Å². The minimum absolute atomic E-state index is 0. The lowest BCUT2D eigenvalue weighted by molar-refractivity contribution is 0.0969. The molecule has 1 aliphatic heterocycles. The molecule has 4 rings (SSSR count). The van der Waals surface area contributed by atoms with E-state index in [0.717, 1.165) is 5.92 Å². The van der Waals surface area contributed by atoms with Crippen LogP contribution in [0.3, 0.4) is 0 Å². The molecular formula is C27H45ClN2. The Morgan fingerprint density at radius 3 is 2.07 bits per heavy atom. The largest absolute Gasteiger partial charge is 0.369 e. The van der Waals surface area contributed by atoms with Crippen LogP contribution in [0.5, 0.6) is 0 Å². The maximum Gasteiger partial charge on any atom is 0.0402 e. The summed E-state index contributed by atoms with van der Waals surface area (Å²) in [7, 11) is 0. The average molecular weight is 433 g/mol. The zero-order valence-electron chi connectivity index (χ0n) is 20.0. The van der Waals surface area contributed by atoms with Crippen molar-refractivity contribution < 1.29 is 0 Å². The first kappa shape index (κ1) is 23.9. The molecule has 170 valence electrons. The third-order valence-electron chi connectivity index (χ3n) is 7.89. The van der Waals surface area contributed by atoms with E-state index in [1.807, 2.05) is 0 Å². The van der Waals surface area contributed by atoms with Gasteiger partial charge < -0.3 is 4.90 Å². The van der Waals surface area contributed by atoms with Crippen molar-refractivity contribution in [2.75, 3.05) is 37.6 Å². The highest BCUT2D eigenvalue weighted by Crippen LogP contribution is 2.53. The fraction of sp³-hybridized carbons (Fsp3) is 0.778. The molecule has 30 heavy (non-hydrogen) atoms. The van der Waals surface area contributed by atoms with Crippen molar-refractivity contribution in [3.8, 4) is 0 Å². The molecular weight excluding hydrogens is 388 g/mol. The number of piperazine rings is 1. The van der Waals surface area contributed by atoms with Crippen LogP contribution in [0.2, 0.25) is 0 Å². The van der Waals surface area contributed by atoms with Crippen LogP contribution in [-0.4, -0.2) is 37.6 Å². The summed E-state index contributed by atoms with van der Waals surface area (Å²) in [5.41, 5.74) is 4.04. The summed E-state index contributed by atoms with van der Waals surface area (Å²) in [6.07, 6.45) is 11.3. The van der Waals surface area contributed by atoms with Gasteiger partial charge in [-0.1, -0.05) is 65.2 Å². The lowest BCUT2D eigenvalue weighted by atomic mass is 9.60. The van der Waals surface area contributed by atoms with Gasteiger partial charge in [0.1, 0.15) is 0 Å². The molecule has 0 aromatic heterocycles. The Hall–Kier alpha value is -0.730. The van der Waals surface area contributed by atoms with Gasteiger partial charge in [0.05, 0.1) is 0 Å². The van der Waals surface area contributed by atoms with Gasteiger partial charge in [0.15, 0.2) is 0 Å². The second-order valence-corrected chi connectivity index (χ2v) is 12.0. The first-order chi connectivity index (χ1) is 13.8. The fourth-order valence-corrected chi connectivity index (χ4v) is 7.09. The third kappa shape index (κ3) is 5.94. The molecule has 1 aromatic carbocycles. The van der Waals surface area contributed by atoms with Crippen LogP contribution in [0.15, 0.2) is 24.3 Å². The molecule has 3 fully saturated rings. The van der Waals surface area contributed by atoms with Gasteiger partial charge in [-0.15, -0.1) is 12.4 Å². The van der Waals surface area contributed by atoms with Crippen LogP contribution in [0.25, 0.3) is 0 Å². The summed E-state index contributed by atoms with van der Waals surface area (Å²) < 4.78 is 0. The van der Waals surface area contributed by atoms with Crippen molar-refractivity contribution in [1.29, 1.82) is 0 Å². The lowest BCUT2D eigenvalue weighted by Gasteiger charge is -2.46. The SMILES string of the molecule is CC1(C)CC(c2ccccc2N2CCN(CC3CCCCC3)CC2)CC(C)(C)C1.Cl. The number of para-hydroxylation sites is 1. The highest BCUT2D eigenvalue weighted by Gasteiger charge is 2.39. The number of hydrogen-bond donors (Lipinski definition) is 0. The van der Waals surface area contributed by atoms with Gasteiger partial charge in [0.2, 0.25) is 0 Å². The second kappa shape index (κ2) is 9.82. The van der Waals surface area contributed by atoms with E-state index in [-0.39, 0.29) is 12.4 Å². The molecule has 2 saturated carbocycles. The Kier molecular flexibility index (Phi) is 7.83. The third-order valence-corrected chi connectivity index (χ3v) is 7.89. The average Bonchev–Trinajstić information content (AvgIpc) is 2.67. The molecule has 2 nitrogen and oxygen atoms in total. The predicted molar refractivity (Wildman–Crippen MR) is 133 cm³/mol. The molecule has 1 saturated heterocycles. The number of halogens is 1. The zero-order valence-corrected chi connectivity index (χ0v) is 20.8. The lowest BCUT2D eigenvalue weighted by Crippen LogP contribution is -2.48. The summed E-state index contributed by atoms with van der Waals surface area (Å²) in [4.78, 5) is 5.45. The van der Waals surface area contributed by atoms with Crippen molar-refractivity contribution in [3.63, 3.8) is 0 Å². The number of hydrogen-bond acceptors (Lipinski definition) is 2. The van der Waals surface area contributed by atoms with Gasteiger partial charge in [0, 0.05) is 38.4 Å². The zero-order chi connectivity index (χ0) is 20.5. The summed E-state index contributed by atoms with van der Waals surface area (Å²) >= 11 is 0. The van der Waals surface area contributed by atoms with E-state index < -0.39 is 0 Å². The van der Waals surface area contributed by atoms with Crippen molar-refractivity contribution in [2.24, 2.45) is 16.7 Å². The summed E-state index contributed by atoms with van der Waals surface area (Å²) in [5, 5.41) is 0. The first-order valence-electron chi connectivity index (χ1n) is 12.4. The van der Waals surface area contributed by atoms with Crippen molar-refractivity contribution in [1.82, 2.24) is 4.90 Å². The molecule has 3 heteroatoms. The summed E-state index contributed by atoms with van der Waals surface area (Å²) in [6, 6.07) is 9.37. The standard InChI is InChI=1S/C27H44N2.ClH/c1-26(2)18-23(19-27(3,4)21-26)24-12-8-9-13-25(24)29-16-14-28(15-17-29)20-22-10-6-5-7-11-22;/h8-9,12-13,22-23H,5-7,10-11,14-21H2,1-4H3;1H. The first-order valence-corrected chi connectivity index (χ1v) is 12.4. The number of anilines is 1. The maximum absolute atomic E-state index is 2.75. The highest BCUT2D eigenvalue weighted by atomic mass is 35.5. The van der Waals surface area contributed by atoms with E-state index in [0.29, 0.717) is 16.7 Å². The minimum atomic E-state index is 0. The van der Waals surface area contributed by atoms with Crippen LogP contribution in [0, 0.1) is 16.7 Å². The van der Waals surface area contributed by atoms with Gasteiger partial charge in [-0.2, -0.15) is 0 Å². The molecule has 0 atom stereocenters. The van der Waals surface area contributed by atoms with Gasteiger partial charge in [-0.25, -0.2) is 0 Å². The molecule has 0 bridgehead atoms. The quantitative estimate of drug-likeness (QED) is 0.499. The molecule has 1 heterocycles. The van der Waals surface area contributed by atoms with E-state index in [9.17, 15) is 0 Å². The summed E-state index contributed by atoms with van der Waals surface area (Å²) in [5.74, 6) is 1.67. The van der Waals surface area contributed by atoms with Crippen molar-refractivity contribution in [2.45, 2.75) is 85.0 Å². The molecule has 0 radical (unpaired) electrons. The van der Waals surface area contributed by atoms with Gasteiger partial charge in [-0.05, 0) is 66.4 Å². The van der Waals surface area contributed by atoms with E-state index in [1.54, 1.807) is 5.56 Å².